The monoisotopic (exact) mass is 290 g/mol. The minimum atomic E-state index is -1.09. The molecule has 12 heavy (non-hydrogen) atoms. The zero-order valence-electron chi connectivity index (χ0n) is 5.49. The van der Waals surface area contributed by atoms with E-state index in [-0.39, 0.29) is 0 Å². The lowest BCUT2D eigenvalue weighted by Gasteiger charge is -2.18. The number of alkyl halides is 5. The highest BCUT2D eigenvalue weighted by Gasteiger charge is 2.32. The Morgan fingerprint density at radius 3 is 1.58 bits per heavy atom. The van der Waals surface area contributed by atoms with Crippen LogP contribution < -0.4 is 0 Å². The Hall–Kier alpha value is 1.41. The second-order valence-corrected chi connectivity index (χ2v) is 4.94. The van der Waals surface area contributed by atoms with Crippen LogP contribution in [0.1, 0.15) is 0 Å². The molecule has 0 N–H and O–H groups in total. The van der Waals surface area contributed by atoms with Gasteiger partial charge in [0.25, 0.3) is 0 Å². The lowest BCUT2D eigenvalue weighted by molar-refractivity contribution is -0.111. The van der Waals surface area contributed by atoms with Crippen molar-refractivity contribution < 1.29 is 4.79 Å². The molecule has 7 heteroatoms. The fourth-order valence-corrected chi connectivity index (χ4v) is 1.72. The van der Waals surface area contributed by atoms with Crippen LogP contribution in [0.5, 0.6) is 0 Å². The molecule has 3 atom stereocenters. The Morgan fingerprint density at radius 2 is 1.33 bits per heavy atom. The van der Waals surface area contributed by atoms with Crippen LogP contribution in [0.3, 0.4) is 0 Å². The van der Waals surface area contributed by atoms with Gasteiger partial charge in [0.15, 0.2) is 0 Å². The van der Waals surface area contributed by atoms with E-state index < -0.39 is 26.2 Å². The third kappa shape index (κ3) is 4.08. The number of hydrogen-bond donors (Lipinski definition) is 0. The van der Waals surface area contributed by atoms with Crippen LogP contribution in [0.4, 0.5) is 0 Å². The van der Waals surface area contributed by atoms with E-state index in [0.29, 0.717) is 0 Å². The lowest BCUT2D eigenvalue weighted by atomic mass is 10.2. The molecule has 0 aliphatic carbocycles. The first-order chi connectivity index (χ1) is 5.37. The van der Waals surface area contributed by atoms with E-state index in [1.165, 1.54) is 0 Å². The molecule has 0 aromatic heterocycles. The first-order valence-electron chi connectivity index (χ1n) is 2.77. The Kier molecular flexibility index (Phi) is 6.70. The maximum atomic E-state index is 10.5. The fraction of sp³-hybridized carbons (Fsp3) is 0.800. The molecule has 0 saturated heterocycles. The summed E-state index contributed by atoms with van der Waals surface area (Å²) in [6.07, 6.45) is 0. The summed E-state index contributed by atoms with van der Waals surface area (Å²) >= 11 is 32.6. The van der Waals surface area contributed by atoms with E-state index in [4.69, 9.17) is 69.6 Å². The van der Waals surface area contributed by atoms with Gasteiger partial charge in [0, 0.05) is 0 Å². The molecule has 0 aromatic rings. The number of hydrogen-bond acceptors (Lipinski definition) is 1. The molecule has 1 nitrogen and oxygen atoms in total. The number of carbonyl (C=O) groups is 1. The van der Waals surface area contributed by atoms with Crippen molar-refractivity contribution in [1.29, 1.82) is 0 Å². The molecule has 0 aromatic carbocycles. The van der Waals surface area contributed by atoms with E-state index >= 15 is 0 Å². The summed E-state index contributed by atoms with van der Waals surface area (Å²) in [5.74, 6) is 0. The Bertz CT molecular complexity index is 160. The minimum Gasteiger partial charge on any atom is -0.280 e. The molecule has 3 unspecified atom stereocenters. The van der Waals surface area contributed by atoms with Gasteiger partial charge in [0.05, 0.1) is 10.8 Å². The van der Waals surface area contributed by atoms with Crippen molar-refractivity contribution >= 4 is 74.8 Å². The van der Waals surface area contributed by atoms with Gasteiger partial charge in [-0.25, -0.2) is 0 Å². The molecular weight excluding hydrogens is 289 g/mol. The van der Waals surface area contributed by atoms with E-state index in [1.807, 2.05) is 0 Å². The Morgan fingerprint density at radius 1 is 0.917 bits per heavy atom. The normalized spacial score (nSPS) is 18.9. The van der Waals surface area contributed by atoms with Gasteiger partial charge >= 0.3 is 0 Å². The maximum Gasteiger partial charge on any atom is 0.241 e. The first kappa shape index (κ1) is 13.4. The van der Waals surface area contributed by atoms with Gasteiger partial charge in [-0.15, -0.1) is 58.0 Å². The quantitative estimate of drug-likeness (QED) is 0.573. The van der Waals surface area contributed by atoms with Gasteiger partial charge in [-0.05, 0) is 11.6 Å². The predicted molar refractivity (Wildman–Crippen MR) is 55.3 cm³/mol. The summed E-state index contributed by atoms with van der Waals surface area (Å²) in [5.41, 5.74) is 0. The largest absolute Gasteiger partial charge is 0.280 e. The summed E-state index contributed by atoms with van der Waals surface area (Å²) in [7, 11) is 0. The van der Waals surface area contributed by atoms with Gasteiger partial charge < -0.3 is 0 Å². The Balaban J connectivity index is 4.18. The molecular formula is C5H4Cl6O. The molecule has 0 aliphatic heterocycles. The van der Waals surface area contributed by atoms with Gasteiger partial charge in [-0.3, -0.25) is 4.79 Å². The average Bonchev–Trinajstić information content (AvgIpc) is 2.00. The molecule has 72 valence electrons. The van der Waals surface area contributed by atoms with Crippen molar-refractivity contribution in [1.82, 2.24) is 0 Å². The maximum absolute atomic E-state index is 10.5. The van der Waals surface area contributed by atoms with Crippen LogP contribution in [-0.2, 0) is 4.79 Å². The van der Waals surface area contributed by atoms with Crippen LogP contribution in [-0.4, -0.2) is 26.2 Å². The smallest absolute Gasteiger partial charge is 0.241 e. The van der Waals surface area contributed by atoms with Crippen LogP contribution in [0.25, 0.3) is 0 Å². The van der Waals surface area contributed by atoms with E-state index in [9.17, 15) is 4.79 Å². The summed E-state index contributed by atoms with van der Waals surface area (Å²) in [4.78, 5) is 9.62. The van der Waals surface area contributed by atoms with Gasteiger partial charge in [0.1, 0.15) is 10.2 Å². The molecule has 0 radical (unpaired) electrons. The molecule has 0 saturated carbocycles. The molecule has 0 aliphatic rings. The topological polar surface area (TPSA) is 17.1 Å². The van der Waals surface area contributed by atoms with Crippen molar-refractivity contribution in [3.8, 4) is 0 Å². The Labute approximate surface area is 100 Å². The number of rotatable bonds is 4. The molecule has 0 spiro atoms. The molecule has 0 amide bonds. The average molecular weight is 293 g/mol. The summed E-state index contributed by atoms with van der Waals surface area (Å²) in [5, 5.41) is -3.58. The second kappa shape index (κ2) is 6.00. The van der Waals surface area contributed by atoms with Gasteiger partial charge in [0.2, 0.25) is 5.24 Å². The van der Waals surface area contributed by atoms with Crippen molar-refractivity contribution in [3.05, 3.63) is 0 Å². The van der Waals surface area contributed by atoms with Gasteiger partial charge in [-0.1, -0.05) is 0 Å². The van der Waals surface area contributed by atoms with Crippen molar-refractivity contribution in [2.75, 3.05) is 0 Å². The van der Waals surface area contributed by atoms with E-state index in [0.717, 1.165) is 0 Å². The highest BCUT2D eigenvalue weighted by atomic mass is 35.5. The van der Waals surface area contributed by atoms with Crippen LogP contribution in [0.2, 0.25) is 0 Å². The molecule has 0 fully saturated rings. The van der Waals surface area contributed by atoms with Crippen molar-refractivity contribution in [2.45, 2.75) is 21.0 Å². The summed E-state index contributed by atoms with van der Waals surface area (Å²) in [6, 6.07) is 0. The van der Waals surface area contributed by atoms with Crippen LogP contribution in [0, 0.1) is 0 Å². The molecule has 0 rings (SSSR count). The number of carbonyl (C=O) groups excluding carboxylic acids is 1. The van der Waals surface area contributed by atoms with Crippen LogP contribution in [0.15, 0.2) is 0 Å². The number of halogens is 6. The van der Waals surface area contributed by atoms with Crippen LogP contribution >= 0.6 is 69.6 Å². The highest BCUT2D eigenvalue weighted by molar-refractivity contribution is 6.70. The van der Waals surface area contributed by atoms with E-state index in [2.05, 4.69) is 0 Å². The third-order valence-electron chi connectivity index (χ3n) is 1.04. The first-order valence-corrected chi connectivity index (χ1v) is 5.33. The predicted octanol–water partition coefficient (Wildman–Crippen LogP) is 3.38. The summed E-state index contributed by atoms with van der Waals surface area (Å²) < 4.78 is 0. The minimum absolute atomic E-state index is 0.781. The lowest BCUT2D eigenvalue weighted by Crippen LogP contribution is -2.33. The second-order valence-electron chi connectivity index (χ2n) is 1.93. The van der Waals surface area contributed by atoms with Crippen molar-refractivity contribution in [2.24, 2.45) is 0 Å². The summed E-state index contributed by atoms with van der Waals surface area (Å²) in [6.45, 7) is 0. The third-order valence-corrected chi connectivity index (χ3v) is 3.96. The molecule has 0 bridgehead atoms. The van der Waals surface area contributed by atoms with Gasteiger partial charge in [-0.2, -0.15) is 0 Å². The standard InChI is InChI=1S/C5H4Cl6O/c6-1(2(7)4(9)10)3(8)5(11)12/h1-4H. The van der Waals surface area contributed by atoms with E-state index in [1.54, 1.807) is 0 Å². The zero-order valence-corrected chi connectivity index (χ0v) is 10.0. The molecule has 0 heterocycles. The highest BCUT2D eigenvalue weighted by Crippen LogP contribution is 2.27. The fourth-order valence-electron chi connectivity index (χ4n) is 0.426. The zero-order chi connectivity index (χ0) is 9.89. The SMILES string of the molecule is O=C(Cl)C(Cl)C(Cl)C(Cl)C(Cl)Cl. The van der Waals surface area contributed by atoms with Crippen molar-refractivity contribution in [3.63, 3.8) is 0 Å².